The first-order valence-corrected chi connectivity index (χ1v) is 8.15. The lowest BCUT2D eigenvalue weighted by molar-refractivity contribution is -0.149. The summed E-state index contributed by atoms with van der Waals surface area (Å²) >= 11 is 1.55. The fourth-order valence-electron chi connectivity index (χ4n) is 2.60. The molecule has 0 spiro atoms. The number of carbonyl (C=O) groups is 2. The van der Waals surface area contributed by atoms with Gasteiger partial charge in [-0.2, -0.15) is 5.10 Å². The van der Waals surface area contributed by atoms with Gasteiger partial charge in [-0.05, 0) is 26.3 Å². The second-order valence-electron chi connectivity index (χ2n) is 5.32. The minimum Gasteiger partial charge on any atom is -0.480 e. The SMILES string of the molecule is CCCC1SCC(C(=O)O)N1C(=O)Cn1nc(C)cc1C. The summed E-state index contributed by atoms with van der Waals surface area (Å²) in [4.78, 5) is 25.5. The van der Waals surface area contributed by atoms with Crippen molar-refractivity contribution in [3.8, 4) is 0 Å². The van der Waals surface area contributed by atoms with Crippen molar-refractivity contribution in [1.82, 2.24) is 14.7 Å². The Balaban J connectivity index is 2.16. The van der Waals surface area contributed by atoms with E-state index in [1.165, 1.54) is 4.90 Å². The van der Waals surface area contributed by atoms with E-state index in [-0.39, 0.29) is 17.8 Å². The van der Waals surface area contributed by atoms with Gasteiger partial charge in [-0.25, -0.2) is 4.79 Å². The number of hydrogen-bond donors (Lipinski definition) is 1. The molecule has 2 atom stereocenters. The number of carbonyl (C=O) groups excluding carboxylic acids is 1. The van der Waals surface area contributed by atoms with Gasteiger partial charge < -0.3 is 10.0 Å². The van der Waals surface area contributed by atoms with E-state index in [0.29, 0.717) is 5.75 Å². The predicted molar refractivity (Wildman–Crippen MR) is 81.1 cm³/mol. The zero-order valence-corrected chi connectivity index (χ0v) is 13.4. The molecule has 0 aliphatic carbocycles. The van der Waals surface area contributed by atoms with Crippen molar-refractivity contribution in [3.05, 3.63) is 17.5 Å². The highest BCUT2D eigenvalue weighted by Gasteiger charge is 2.41. The second kappa shape index (κ2) is 6.51. The first kappa shape index (κ1) is 15.9. The van der Waals surface area contributed by atoms with Crippen LogP contribution in [0.3, 0.4) is 0 Å². The van der Waals surface area contributed by atoms with Crippen LogP contribution >= 0.6 is 11.8 Å². The van der Waals surface area contributed by atoms with Gasteiger partial charge in [0.25, 0.3) is 0 Å². The van der Waals surface area contributed by atoms with Gasteiger partial charge in [0.2, 0.25) is 5.91 Å². The summed E-state index contributed by atoms with van der Waals surface area (Å²) < 4.78 is 1.64. The number of carboxylic acids is 1. The van der Waals surface area contributed by atoms with Gasteiger partial charge in [0.15, 0.2) is 0 Å². The van der Waals surface area contributed by atoms with Crippen molar-refractivity contribution in [1.29, 1.82) is 0 Å². The third-order valence-electron chi connectivity index (χ3n) is 3.59. The molecule has 1 aliphatic heterocycles. The lowest BCUT2D eigenvalue weighted by Crippen LogP contribution is -2.47. The summed E-state index contributed by atoms with van der Waals surface area (Å²) in [5.41, 5.74) is 1.77. The number of carboxylic acid groups (broad SMARTS) is 1. The summed E-state index contributed by atoms with van der Waals surface area (Å²) in [6.07, 6.45) is 1.74. The largest absolute Gasteiger partial charge is 0.480 e. The Morgan fingerprint density at radius 3 is 2.71 bits per heavy atom. The Hall–Kier alpha value is -1.50. The van der Waals surface area contributed by atoms with Crippen molar-refractivity contribution >= 4 is 23.6 Å². The van der Waals surface area contributed by atoms with Crippen molar-refractivity contribution in [2.45, 2.75) is 51.6 Å². The highest BCUT2D eigenvalue weighted by atomic mass is 32.2. The third kappa shape index (κ3) is 3.40. The standard InChI is InChI=1S/C14H21N3O3S/c1-4-5-13-17(11(8-21-13)14(19)20)12(18)7-16-10(3)6-9(2)15-16/h6,11,13H,4-5,7-8H2,1-3H3,(H,19,20). The zero-order chi connectivity index (χ0) is 15.6. The average Bonchev–Trinajstić information content (AvgIpc) is 2.94. The lowest BCUT2D eigenvalue weighted by Gasteiger charge is -2.27. The number of amides is 1. The van der Waals surface area contributed by atoms with Crippen LogP contribution in [0.15, 0.2) is 6.07 Å². The molecule has 7 heteroatoms. The van der Waals surface area contributed by atoms with Gasteiger partial charge in [-0.15, -0.1) is 11.8 Å². The van der Waals surface area contributed by atoms with Gasteiger partial charge >= 0.3 is 5.97 Å². The zero-order valence-electron chi connectivity index (χ0n) is 12.6. The molecular formula is C14H21N3O3S. The molecule has 0 radical (unpaired) electrons. The van der Waals surface area contributed by atoms with Crippen LogP contribution in [0.4, 0.5) is 0 Å². The van der Waals surface area contributed by atoms with E-state index in [4.69, 9.17) is 0 Å². The summed E-state index contributed by atoms with van der Waals surface area (Å²) in [6, 6.07) is 1.18. The van der Waals surface area contributed by atoms with Crippen LogP contribution in [0, 0.1) is 13.8 Å². The Labute approximate surface area is 128 Å². The van der Waals surface area contributed by atoms with Crippen molar-refractivity contribution in [2.24, 2.45) is 0 Å². The van der Waals surface area contributed by atoms with E-state index >= 15 is 0 Å². The van der Waals surface area contributed by atoms with Gasteiger partial charge in [0.05, 0.1) is 11.1 Å². The van der Waals surface area contributed by atoms with Crippen LogP contribution in [-0.4, -0.2) is 48.8 Å². The molecule has 2 unspecified atom stereocenters. The Kier molecular flexibility index (Phi) is 4.92. The number of aliphatic carboxylic acids is 1. The maximum absolute atomic E-state index is 12.6. The number of rotatable bonds is 5. The maximum atomic E-state index is 12.6. The molecule has 1 aliphatic rings. The molecule has 1 saturated heterocycles. The molecule has 1 amide bonds. The highest BCUT2D eigenvalue weighted by Crippen LogP contribution is 2.32. The van der Waals surface area contributed by atoms with Crippen LogP contribution in [0.2, 0.25) is 0 Å². The van der Waals surface area contributed by atoms with Gasteiger partial charge in [-0.3, -0.25) is 9.48 Å². The number of hydrogen-bond acceptors (Lipinski definition) is 4. The van der Waals surface area contributed by atoms with Crippen LogP contribution in [0.25, 0.3) is 0 Å². The molecule has 1 N–H and O–H groups in total. The molecule has 0 bridgehead atoms. The molecule has 1 aromatic rings. The first-order valence-electron chi connectivity index (χ1n) is 7.10. The second-order valence-corrected chi connectivity index (χ2v) is 6.53. The Bertz CT molecular complexity index is 544. The van der Waals surface area contributed by atoms with Crippen LogP contribution < -0.4 is 0 Å². The minimum absolute atomic E-state index is 0.0411. The van der Waals surface area contributed by atoms with Gasteiger partial charge in [0.1, 0.15) is 12.6 Å². The van der Waals surface area contributed by atoms with E-state index < -0.39 is 12.0 Å². The molecule has 21 heavy (non-hydrogen) atoms. The quantitative estimate of drug-likeness (QED) is 0.895. The van der Waals surface area contributed by atoms with Crippen molar-refractivity contribution in [2.75, 3.05) is 5.75 Å². The summed E-state index contributed by atoms with van der Waals surface area (Å²) in [7, 11) is 0. The van der Waals surface area contributed by atoms with E-state index in [2.05, 4.69) is 5.10 Å². The maximum Gasteiger partial charge on any atom is 0.327 e. The summed E-state index contributed by atoms with van der Waals surface area (Å²) in [6.45, 7) is 5.91. The van der Waals surface area contributed by atoms with Crippen LogP contribution in [0.5, 0.6) is 0 Å². The van der Waals surface area contributed by atoms with Gasteiger partial charge in [-0.1, -0.05) is 13.3 Å². The molecule has 1 fully saturated rings. The molecule has 2 rings (SSSR count). The first-order chi connectivity index (χ1) is 9.93. The molecule has 2 heterocycles. The van der Waals surface area contributed by atoms with E-state index in [1.54, 1.807) is 16.4 Å². The van der Waals surface area contributed by atoms with Crippen molar-refractivity contribution < 1.29 is 14.7 Å². The third-order valence-corrected chi connectivity index (χ3v) is 4.95. The minimum atomic E-state index is -0.928. The molecular weight excluding hydrogens is 290 g/mol. The fourth-order valence-corrected chi connectivity index (χ4v) is 4.14. The molecule has 0 saturated carbocycles. The number of aryl methyl sites for hydroxylation is 2. The molecule has 6 nitrogen and oxygen atoms in total. The summed E-state index contributed by atoms with van der Waals surface area (Å²) in [5, 5.41) is 13.6. The number of nitrogens with zero attached hydrogens (tertiary/aromatic N) is 3. The van der Waals surface area contributed by atoms with E-state index in [0.717, 1.165) is 24.2 Å². The molecule has 1 aromatic heterocycles. The van der Waals surface area contributed by atoms with Crippen LogP contribution in [-0.2, 0) is 16.1 Å². The average molecular weight is 311 g/mol. The monoisotopic (exact) mass is 311 g/mol. The highest BCUT2D eigenvalue weighted by molar-refractivity contribution is 8.00. The van der Waals surface area contributed by atoms with E-state index in [9.17, 15) is 14.7 Å². The topological polar surface area (TPSA) is 75.4 Å². The Morgan fingerprint density at radius 2 is 2.19 bits per heavy atom. The summed E-state index contributed by atoms with van der Waals surface area (Å²) in [5.74, 6) is -0.636. The number of aromatic nitrogens is 2. The van der Waals surface area contributed by atoms with Crippen LogP contribution in [0.1, 0.15) is 31.2 Å². The smallest absolute Gasteiger partial charge is 0.327 e. The predicted octanol–water partition coefficient (Wildman–Crippen LogP) is 1.65. The Morgan fingerprint density at radius 1 is 1.48 bits per heavy atom. The fraction of sp³-hybridized carbons (Fsp3) is 0.643. The van der Waals surface area contributed by atoms with Gasteiger partial charge in [0, 0.05) is 11.4 Å². The lowest BCUT2D eigenvalue weighted by atomic mass is 10.2. The van der Waals surface area contributed by atoms with E-state index in [1.807, 2.05) is 26.8 Å². The normalized spacial score (nSPS) is 21.8. The molecule has 116 valence electrons. The van der Waals surface area contributed by atoms with Crippen molar-refractivity contribution in [3.63, 3.8) is 0 Å². The number of thioether (sulfide) groups is 1. The molecule has 0 aromatic carbocycles.